The smallest absolute Gasteiger partial charge is 0.327 e. The number of aromatic nitrogens is 2. The number of carbonyl (C=O) groups excluding carboxylic acids is 1. The van der Waals surface area contributed by atoms with E-state index in [9.17, 15) is 9.90 Å². The first-order valence-electron chi connectivity index (χ1n) is 10.7. The molecule has 0 atom stereocenters. The van der Waals surface area contributed by atoms with Gasteiger partial charge in [-0.1, -0.05) is 41.4 Å². The number of anilines is 4. The second-order valence-corrected chi connectivity index (χ2v) is 8.20. The molecule has 190 valence electrons. The number of ether oxygens (including phenoxy) is 2. The van der Waals surface area contributed by atoms with Crippen LogP contribution in [0.2, 0.25) is 10.0 Å². The van der Waals surface area contributed by atoms with Crippen molar-refractivity contribution < 1.29 is 19.4 Å². The van der Waals surface area contributed by atoms with Gasteiger partial charge in [-0.15, -0.1) is 0 Å². The standard InChI is InChI=1S/C24H26Cl2N6O4/c1-32(24(34)31-23-21(25)17(35-2)10-18(36-3)22(23)26)20-11-19(28-13-29-20)30-16-7-6-14(12-33)9-15(16)5-4-8-27/h4,6-11,13,33H,5,12,27H2,1-3H3,(H,31,34)(H,28,29,30). The monoisotopic (exact) mass is 532 g/mol. The molecule has 2 aromatic carbocycles. The molecule has 2 amide bonds. The van der Waals surface area contributed by atoms with Crippen LogP contribution in [0.5, 0.6) is 11.5 Å². The Morgan fingerprint density at radius 2 is 1.83 bits per heavy atom. The van der Waals surface area contributed by atoms with Crippen LogP contribution in [-0.2, 0) is 13.0 Å². The maximum absolute atomic E-state index is 13.0. The highest BCUT2D eigenvalue weighted by molar-refractivity contribution is 6.41. The van der Waals surface area contributed by atoms with Gasteiger partial charge in [-0.2, -0.15) is 0 Å². The van der Waals surface area contributed by atoms with E-state index < -0.39 is 6.03 Å². The molecule has 3 rings (SSSR count). The molecule has 5 N–H and O–H groups in total. The van der Waals surface area contributed by atoms with Crippen LogP contribution >= 0.6 is 23.2 Å². The molecule has 1 aromatic heterocycles. The normalized spacial score (nSPS) is 10.8. The molecule has 0 radical (unpaired) electrons. The van der Waals surface area contributed by atoms with Crippen LogP contribution < -0.4 is 30.7 Å². The number of hydrogen-bond acceptors (Lipinski definition) is 8. The molecular formula is C24H26Cl2N6O4. The number of allylic oxidation sites excluding steroid dienone is 1. The SMILES string of the molecule is COc1cc(OC)c(Cl)c(NC(=O)N(C)c2cc(Nc3ccc(CO)cc3CC=CN)ncn2)c1Cl. The average molecular weight is 533 g/mol. The summed E-state index contributed by atoms with van der Waals surface area (Å²) in [6.07, 6.45) is 5.15. The Balaban J connectivity index is 1.84. The van der Waals surface area contributed by atoms with E-state index in [0.29, 0.717) is 18.1 Å². The van der Waals surface area contributed by atoms with Crippen molar-refractivity contribution in [1.82, 2.24) is 9.97 Å². The molecule has 0 bridgehead atoms. The van der Waals surface area contributed by atoms with Crippen molar-refractivity contribution in [3.8, 4) is 11.5 Å². The van der Waals surface area contributed by atoms with Gasteiger partial charge in [-0.25, -0.2) is 14.8 Å². The third kappa shape index (κ3) is 6.09. The van der Waals surface area contributed by atoms with Crippen LogP contribution in [0.25, 0.3) is 0 Å². The number of urea groups is 1. The van der Waals surface area contributed by atoms with Gasteiger partial charge >= 0.3 is 6.03 Å². The van der Waals surface area contributed by atoms with E-state index in [1.807, 2.05) is 12.1 Å². The Labute approximate surface area is 218 Å². The maximum atomic E-state index is 13.0. The van der Waals surface area contributed by atoms with Crippen molar-refractivity contribution in [2.75, 3.05) is 36.8 Å². The van der Waals surface area contributed by atoms with Crippen molar-refractivity contribution in [2.45, 2.75) is 13.0 Å². The minimum atomic E-state index is -0.556. The van der Waals surface area contributed by atoms with Crippen molar-refractivity contribution in [2.24, 2.45) is 5.73 Å². The van der Waals surface area contributed by atoms with Crippen molar-refractivity contribution in [1.29, 1.82) is 0 Å². The lowest BCUT2D eigenvalue weighted by atomic mass is 10.1. The highest BCUT2D eigenvalue weighted by Crippen LogP contribution is 2.44. The summed E-state index contributed by atoms with van der Waals surface area (Å²) in [6, 6.07) is 8.09. The second-order valence-electron chi connectivity index (χ2n) is 7.44. The van der Waals surface area contributed by atoms with Crippen molar-refractivity contribution >= 4 is 52.2 Å². The number of methoxy groups -OCH3 is 2. The van der Waals surface area contributed by atoms with Gasteiger partial charge in [-0.05, 0) is 29.8 Å². The van der Waals surface area contributed by atoms with Crippen LogP contribution in [0.1, 0.15) is 11.1 Å². The fraction of sp³-hybridized carbons (Fsp3) is 0.208. The zero-order chi connectivity index (χ0) is 26.2. The molecule has 0 aliphatic heterocycles. The van der Waals surface area contributed by atoms with Crippen LogP contribution in [0.4, 0.5) is 27.8 Å². The third-order valence-corrected chi connectivity index (χ3v) is 5.95. The number of carbonyl (C=O) groups is 1. The van der Waals surface area contributed by atoms with Gasteiger partial charge < -0.3 is 30.9 Å². The summed E-state index contributed by atoms with van der Waals surface area (Å²) in [4.78, 5) is 22.7. The summed E-state index contributed by atoms with van der Waals surface area (Å²) in [7, 11) is 4.42. The fourth-order valence-electron chi connectivity index (χ4n) is 3.26. The highest BCUT2D eigenvalue weighted by Gasteiger charge is 2.22. The summed E-state index contributed by atoms with van der Waals surface area (Å²) in [5, 5.41) is 15.6. The molecule has 0 saturated heterocycles. The quantitative estimate of drug-likeness (QED) is 0.311. The number of halogens is 2. The molecule has 0 fully saturated rings. The van der Waals surface area contributed by atoms with Crippen LogP contribution in [0, 0.1) is 0 Å². The number of amides is 2. The zero-order valence-corrected chi connectivity index (χ0v) is 21.4. The van der Waals surface area contributed by atoms with Crippen LogP contribution in [0.15, 0.2) is 48.9 Å². The van der Waals surface area contributed by atoms with E-state index in [1.54, 1.807) is 18.2 Å². The number of aliphatic hydroxyl groups excluding tert-OH is 1. The summed E-state index contributed by atoms with van der Waals surface area (Å²) in [6.45, 7) is -0.0790. The Morgan fingerprint density at radius 3 is 2.44 bits per heavy atom. The van der Waals surface area contributed by atoms with Gasteiger partial charge in [0.25, 0.3) is 0 Å². The maximum Gasteiger partial charge on any atom is 0.327 e. The summed E-state index contributed by atoms with van der Waals surface area (Å²) < 4.78 is 10.5. The van der Waals surface area contributed by atoms with E-state index in [0.717, 1.165) is 16.8 Å². The molecule has 3 aromatic rings. The number of rotatable bonds is 9. The van der Waals surface area contributed by atoms with Crippen LogP contribution in [0.3, 0.4) is 0 Å². The molecule has 0 spiro atoms. The Morgan fingerprint density at radius 1 is 1.14 bits per heavy atom. The first kappa shape index (κ1) is 26.9. The molecule has 0 aliphatic carbocycles. The lowest BCUT2D eigenvalue weighted by molar-refractivity contribution is 0.258. The summed E-state index contributed by atoms with van der Waals surface area (Å²) >= 11 is 12.7. The van der Waals surface area contributed by atoms with E-state index in [2.05, 4.69) is 20.6 Å². The first-order valence-corrected chi connectivity index (χ1v) is 11.4. The van der Waals surface area contributed by atoms with E-state index in [1.165, 1.54) is 44.8 Å². The van der Waals surface area contributed by atoms with Gasteiger partial charge in [0.2, 0.25) is 0 Å². The van der Waals surface area contributed by atoms with Gasteiger partial charge in [0, 0.05) is 24.9 Å². The average Bonchev–Trinajstić information content (AvgIpc) is 2.90. The first-order chi connectivity index (χ1) is 17.3. The topological polar surface area (TPSA) is 135 Å². The minimum Gasteiger partial charge on any atom is -0.495 e. The number of aliphatic hydroxyl groups is 1. The lowest BCUT2D eigenvalue weighted by Crippen LogP contribution is -2.32. The van der Waals surface area contributed by atoms with E-state index in [4.69, 9.17) is 38.4 Å². The number of nitrogens with two attached hydrogens (primary N) is 1. The molecule has 36 heavy (non-hydrogen) atoms. The molecule has 0 saturated carbocycles. The number of hydrogen-bond donors (Lipinski definition) is 4. The fourth-order valence-corrected chi connectivity index (χ4v) is 3.85. The zero-order valence-electron chi connectivity index (χ0n) is 19.9. The van der Waals surface area contributed by atoms with E-state index >= 15 is 0 Å². The van der Waals surface area contributed by atoms with Crippen molar-refractivity contribution in [3.63, 3.8) is 0 Å². The Kier molecular flexibility index (Phi) is 9.18. The second kappa shape index (κ2) is 12.3. The Hall–Kier alpha value is -3.73. The summed E-state index contributed by atoms with van der Waals surface area (Å²) in [5.41, 5.74) is 8.08. The predicted octanol–water partition coefficient (Wildman–Crippen LogP) is 4.72. The molecule has 0 unspecified atom stereocenters. The van der Waals surface area contributed by atoms with Crippen LogP contribution in [-0.4, -0.2) is 42.4 Å². The largest absolute Gasteiger partial charge is 0.495 e. The molecule has 12 heteroatoms. The van der Waals surface area contributed by atoms with Gasteiger partial charge in [0.1, 0.15) is 39.5 Å². The number of nitrogens with one attached hydrogen (secondary N) is 2. The van der Waals surface area contributed by atoms with Gasteiger partial charge in [0.05, 0.1) is 26.5 Å². The predicted molar refractivity (Wildman–Crippen MR) is 142 cm³/mol. The van der Waals surface area contributed by atoms with Gasteiger partial charge in [0.15, 0.2) is 0 Å². The number of benzene rings is 2. The third-order valence-electron chi connectivity index (χ3n) is 5.20. The number of nitrogens with zero attached hydrogens (tertiary/aromatic N) is 3. The molecule has 1 heterocycles. The highest BCUT2D eigenvalue weighted by atomic mass is 35.5. The lowest BCUT2D eigenvalue weighted by Gasteiger charge is -2.20. The van der Waals surface area contributed by atoms with E-state index in [-0.39, 0.29) is 33.8 Å². The van der Waals surface area contributed by atoms with Gasteiger partial charge in [-0.3, -0.25) is 4.90 Å². The molecular weight excluding hydrogens is 507 g/mol. The summed E-state index contributed by atoms with van der Waals surface area (Å²) in [5.74, 6) is 1.34. The van der Waals surface area contributed by atoms with Crippen molar-refractivity contribution in [3.05, 3.63) is 70.1 Å². The minimum absolute atomic E-state index is 0.0790. The Bertz CT molecular complexity index is 1240. The molecule has 0 aliphatic rings. The molecule has 10 nitrogen and oxygen atoms in total.